The highest BCUT2D eigenvalue weighted by Gasteiger charge is 2.10. The quantitative estimate of drug-likeness (QED) is 0.00810. The largest absolute Gasteiger partial charge is 0.450 e. The molecule has 0 aromatic rings. The van der Waals surface area contributed by atoms with Crippen LogP contribution in [-0.4, -0.2) is 148 Å². The molecule has 0 aromatic heterocycles. The van der Waals surface area contributed by atoms with Crippen molar-refractivity contribution in [2.75, 3.05) is 59.5 Å². The Labute approximate surface area is 603 Å². The van der Waals surface area contributed by atoms with Gasteiger partial charge in [-0.05, 0) is 129 Å². The summed E-state index contributed by atoms with van der Waals surface area (Å²) in [6.45, 7) is 57.6. The van der Waals surface area contributed by atoms with Crippen LogP contribution in [0.2, 0.25) is 0 Å². The SMILES string of the molecule is C#CC#CC#CNC(=O)C=C.C=C(C)C(=O)NCCCN.C=C(C)C(=O)NCOCC(C)C.C=C(C)C(N)=O.C=CC(=O)NC(C)(C)C.C=CC(=O)NCNC(=O)C=C.C=CC(N)=O.C=CCNC(=O)C=C.CCCCOC(N)=O.CCOC(N)=O.CCON.NC(=O)CC(N)=O.NC(N)=O.[HH].[HH].[HH].[HH].[HH]. The molecule has 0 saturated carbocycles. The van der Waals surface area contributed by atoms with Crippen molar-refractivity contribution < 1.29 is 93.3 Å². The predicted molar refractivity (Wildman–Crippen MR) is 404 cm³/mol. The van der Waals surface area contributed by atoms with Crippen LogP contribution < -0.4 is 94.7 Å². The Hall–Kier alpha value is -12.1. The highest BCUT2D eigenvalue weighted by Crippen LogP contribution is 1.97. The van der Waals surface area contributed by atoms with Crippen LogP contribution in [0.25, 0.3) is 0 Å². The van der Waals surface area contributed by atoms with Crippen LogP contribution in [-0.2, 0) is 71.8 Å². The van der Waals surface area contributed by atoms with Crippen LogP contribution in [0.5, 0.6) is 0 Å². The van der Waals surface area contributed by atoms with Gasteiger partial charge in [0.2, 0.25) is 59.1 Å². The van der Waals surface area contributed by atoms with E-state index in [-0.39, 0.29) is 73.8 Å². The number of nitrogens with one attached hydrogen (secondary N) is 7. The summed E-state index contributed by atoms with van der Waals surface area (Å²) in [5.74, 6) is 10.2. The lowest BCUT2D eigenvalue weighted by molar-refractivity contribution is -0.126. The number of nitrogens with two attached hydrogens (primary N) is 10. The van der Waals surface area contributed by atoms with Crippen molar-refractivity contribution in [1.29, 1.82) is 0 Å². The molecule has 0 heterocycles. The highest BCUT2D eigenvalue weighted by atomic mass is 16.6. The average Bonchev–Trinajstić information content (AvgIpc) is 0.968. The number of carbonyl (C=O) groups excluding carboxylic acids is 14. The third-order valence-corrected chi connectivity index (χ3v) is 7.21. The Morgan fingerprint density at radius 2 is 0.960 bits per heavy atom. The molecule has 0 atom stereocenters. The maximum Gasteiger partial charge on any atom is 0.404 e. The zero-order valence-corrected chi connectivity index (χ0v) is 60.6. The lowest BCUT2D eigenvalue weighted by Crippen LogP contribution is -2.39. The van der Waals surface area contributed by atoms with E-state index in [0.29, 0.717) is 68.7 Å². The molecule has 0 fully saturated rings. The van der Waals surface area contributed by atoms with Crippen molar-refractivity contribution in [2.24, 2.45) is 63.4 Å². The molecule has 0 spiro atoms. The van der Waals surface area contributed by atoms with E-state index >= 15 is 0 Å². The summed E-state index contributed by atoms with van der Waals surface area (Å²) in [6, 6.07) is 1.45. The maximum atomic E-state index is 10.9. The molecule has 35 nitrogen and oxygen atoms in total. The fourth-order valence-corrected chi connectivity index (χ4v) is 2.92. The average molecular weight is 1440 g/mol. The summed E-state index contributed by atoms with van der Waals surface area (Å²) in [6.07, 6.45) is 14.3. The lowest BCUT2D eigenvalue weighted by atomic mass is 10.1. The summed E-state index contributed by atoms with van der Waals surface area (Å²) in [4.78, 5) is 145. The Morgan fingerprint density at radius 1 is 0.564 bits per heavy atom. The first kappa shape index (κ1) is 119. The second kappa shape index (κ2) is 94.3. The molecule has 101 heavy (non-hydrogen) atoms. The molecule has 0 rings (SSSR count). The van der Waals surface area contributed by atoms with Crippen molar-refractivity contribution in [2.45, 2.75) is 107 Å². The van der Waals surface area contributed by atoms with Gasteiger partial charge in [-0.2, -0.15) is 0 Å². The number of urea groups is 1. The molecule has 0 radical (unpaired) electrons. The molecular weight excluding hydrogens is 1320 g/mol. The molecule has 0 aliphatic carbocycles. The first-order chi connectivity index (χ1) is 46.7. The van der Waals surface area contributed by atoms with Gasteiger partial charge in [0.05, 0.1) is 33.1 Å². The fourth-order valence-electron chi connectivity index (χ4n) is 2.92. The minimum atomic E-state index is -0.833. The summed E-state index contributed by atoms with van der Waals surface area (Å²) < 4.78 is 13.7. The maximum absolute atomic E-state index is 10.9. The normalized spacial score (nSPS) is 8.05. The van der Waals surface area contributed by atoms with E-state index in [4.69, 9.17) is 27.4 Å². The van der Waals surface area contributed by atoms with Gasteiger partial charge in [0.1, 0.15) is 13.2 Å². The fraction of sp³-hybridized carbons (Fsp3) is 0.394. The number of carbonyl (C=O) groups is 14. The van der Waals surface area contributed by atoms with Crippen molar-refractivity contribution in [3.8, 4) is 36.1 Å². The minimum absolute atomic E-state index is 0. The molecular formula is C66H125N17O18. The number of unbranched alkanes of at least 4 members (excludes halogenated alkanes) is 1. The summed E-state index contributed by atoms with van der Waals surface area (Å²) in [5, 5.41) is 17.4. The van der Waals surface area contributed by atoms with Crippen molar-refractivity contribution in [3.05, 3.63) is 125 Å². The zero-order chi connectivity index (χ0) is 82.3. The van der Waals surface area contributed by atoms with Crippen LogP contribution in [0.3, 0.4) is 0 Å². The van der Waals surface area contributed by atoms with E-state index in [2.05, 4.69) is 207 Å². The smallest absolute Gasteiger partial charge is 0.404 e. The molecule has 15 amide bonds. The Kier molecular flexibility index (Phi) is 111. The van der Waals surface area contributed by atoms with E-state index in [9.17, 15) is 62.3 Å². The van der Waals surface area contributed by atoms with Crippen molar-refractivity contribution in [1.82, 2.24) is 37.2 Å². The number of rotatable bonds is 27. The van der Waals surface area contributed by atoms with Crippen molar-refractivity contribution in [3.63, 3.8) is 0 Å². The highest BCUT2D eigenvalue weighted by molar-refractivity contribution is 5.95. The number of amides is 15. The summed E-state index contributed by atoms with van der Waals surface area (Å²) in [7, 11) is 0. The first-order valence-electron chi connectivity index (χ1n) is 29.2. The summed E-state index contributed by atoms with van der Waals surface area (Å²) in [5.41, 5.74) is 42.6. The number of terminal acetylenes is 1. The molecule has 582 valence electrons. The lowest BCUT2D eigenvalue weighted by Gasteiger charge is -2.18. The van der Waals surface area contributed by atoms with Gasteiger partial charge in [0.25, 0.3) is 5.91 Å². The van der Waals surface area contributed by atoms with Gasteiger partial charge >= 0.3 is 18.2 Å². The third-order valence-electron chi connectivity index (χ3n) is 7.21. The Morgan fingerprint density at radius 3 is 1.21 bits per heavy atom. The predicted octanol–water partition coefficient (Wildman–Crippen LogP) is 1.52. The number of primary amides is 8. The van der Waals surface area contributed by atoms with E-state index in [1.807, 2.05) is 34.6 Å². The van der Waals surface area contributed by atoms with Gasteiger partial charge in [0, 0.05) is 60.4 Å². The monoisotopic (exact) mass is 1440 g/mol. The summed E-state index contributed by atoms with van der Waals surface area (Å²) >= 11 is 0. The minimum Gasteiger partial charge on any atom is -0.450 e. The van der Waals surface area contributed by atoms with Gasteiger partial charge in [-0.25, -0.2) is 20.3 Å². The van der Waals surface area contributed by atoms with Gasteiger partial charge < -0.3 is 103 Å². The molecule has 0 unspecified atom stereocenters. The van der Waals surface area contributed by atoms with E-state index in [1.165, 1.54) is 12.2 Å². The molecule has 0 aliphatic rings. The van der Waals surface area contributed by atoms with Crippen molar-refractivity contribution >= 4 is 83.2 Å². The number of ether oxygens (including phenoxy) is 3. The van der Waals surface area contributed by atoms with Crippen LogP contribution in [0, 0.1) is 42.1 Å². The second-order valence-corrected chi connectivity index (χ2v) is 18.6. The molecule has 0 bridgehead atoms. The van der Waals surface area contributed by atoms with Crippen LogP contribution in [0.15, 0.2) is 125 Å². The van der Waals surface area contributed by atoms with Gasteiger partial charge in [-0.15, -0.1) is 13.0 Å². The molecule has 0 aromatic carbocycles. The van der Waals surface area contributed by atoms with E-state index in [1.54, 1.807) is 33.8 Å². The van der Waals surface area contributed by atoms with Crippen LogP contribution in [0.1, 0.15) is 109 Å². The standard InChI is InChI=1S/C9H17NO2.C9H5NO.C7H10N2O2.C7H14N2O.C7H13NO.C6H9NO.C5H11NO2.C4H7NO.C3H6N2O2.C3H7NO2.C3H5NO.C2H7NO.CH4N2O.5H2/c1-7(2)5-12-6-10-9(11)8(3)4;1-3-5-6-7-8-10-9(11)4-2;1-3-6(10)8-5-9-7(11)4-2;1-6(2)7(10)9-5-3-4-8;1-5-6(9)8-7(2,3)4;1-3-5-7-6(8)4-2;1-2-3-4-8-5(6)7;1-3(2)4(5)6;4-2(6)1-3(5)7;1-2-6-3(4)5;1-2-3(4)5;1-2-4-3;2-1(3)4;;;;;/h7H,3,5-6H2,1-2,4H3,(H,10,11);1,4H,2H2,(H,10,11);3-4H,1-2,5H2,(H,8,10)(H,9,11);1,3-5,8H2,2H3,(H,9,10);5H,1H2,2-4H3,(H,8,9);3-4H,1-2,5H2,(H,7,8);2-4H2,1H3,(H2,6,7);1H2,2H3,(H2,5,6);1H2,(H2,4,6)(H2,5,7);2H2,1H3,(H2,4,5);2H,1H2,(H2,4,5);2-3H2,1H3;(H4,2,3,4);5*1H. The van der Waals surface area contributed by atoms with Gasteiger partial charge in [0.15, 0.2) is 0 Å². The van der Waals surface area contributed by atoms with E-state index < -0.39 is 41.8 Å². The number of hydrogen-bond acceptors (Lipinski definition) is 20. The molecule has 0 saturated heterocycles. The zero-order valence-electron chi connectivity index (χ0n) is 60.6. The Balaban J connectivity index is -0.0000000498. The van der Waals surface area contributed by atoms with Gasteiger partial charge in [-0.1, -0.05) is 92.5 Å². The first-order valence-corrected chi connectivity index (χ1v) is 29.2. The topological polar surface area (TPSA) is 620 Å². The molecule has 0 aliphatic heterocycles. The molecule has 27 N–H and O–H groups in total. The molecule has 35 heteroatoms. The Bertz CT molecular complexity index is 2670. The van der Waals surface area contributed by atoms with Crippen LogP contribution in [0.4, 0.5) is 14.4 Å². The third kappa shape index (κ3) is 187. The number of hydrogen-bond donors (Lipinski definition) is 17. The second-order valence-electron chi connectivity index (χ2n) is 18.6. The van der Waals surface area contributed by atoms with E-state index in [0.717, 1.165) is 43.6 Å². The van der Waals surface area contributed by atoms with Crippen LogP contribution >= 0.6 is 0 Å². The van der Waals surface area contributed by atoms with Gasteiger partial charge in [-0.3, -0.25) is 58.1 Å².